The van der Waals surface area contributed by atoms with Crippen molar-refractivity contribution in [3.05, 3.63) is 30.4 Å². The maximum absolute atomic E-state index is 11.4. The first-order valence-electron chi connectivity index (χ1n) is 8.61. The molecule has 0 aliphatic rings. The van der Waals surface area contributed by atoms with Crippen molar-refractivity contribution in [3.8, 4) is 0 Å². The molecule has 0 aromatic carbocycles. The van der Waals surface area contributed by atoms with Gasteiger partial charge in [0, 0.05) is 113 Å². The molecule has 0 saturated heterocycles. The van der Waals surface area contributed by atoms with Crippen LogP contribution in [0.3, 0.4) is 0 Å². The number of likely N-dealkylation sites (N-methyl/N-ethyl adjacent to an activating group) is 2. The first-order chi connectivity index (χ1) is 13.6. The van der Waals surface area contributed by atoms with Crippen molar-refractivity contribution in [2.45, 2.75) is 0 Å². The van der Waals surface area contributed by atoms with Crippen LogP contribution in [0.25, 0.3) is 22.9 Å². The van der Waals surface area contributed by atoms with Gasteiger partial charge in [0.2, 0.25) is 0 Å². The SMILES string of the molecule is C[N-]C(=O)CN(CCN(CCN(CC(=O)[O-])CC(=O)[N-]C)CC(=O)O)CC(=O)[O-].[CH3-].[Gd].[NH2-].[NH2-].[Pt]. The van der Waals surface area contributed by atoms with E-state index in [1.165, 1.54) is 28.8 Å². The second-order valence-electron chi connectivity index (χ2n) is 6.07. The largest absolute Gasteiger partial charge is 0.693 e. The van der Waals surface area contributed by atoms with Gasteiger partial charge in [-0.05, 0) is 0 Å². The van der Waals surface area contributed by atoms with Crippen LogP contribution >= 0.6 is 0 Å². The third-order valence-electron chi connectivity index (χ3n) is 3.75. The summed E-state index contributed by atoms with van der Waals surface area (Å²) in [6.45, 7) is -1.81. The Morgan fingerprint density at radius 1 is 0.676 bits per heavy atom. The Morgan fingerprint density at radius 3 is 1.21 bits per heavy atom. The normalized spacial score (nSPS) is 9.32. The summed E-state index contributed by atoms with van der Waals surface area (Å²) in [4.78, 5) is 59.6. The number of nitrogens with zero attached hydrogens (tertiary/aromatic N) is 5. The molecule has 208 valence electrons. The van der Waals surface area contributed by atoms with Crippen molar-refractivity contribution in [2.75, 3.05) is 73.0 Å². The smallest absolute Gasteiger partial charge is 0.317 e. The van der Waals surface area contributed by atoms with Crippen LogP contribution in [0, 0.1) is 47.4 Å². The van der Waals surface area contributed by atoms with Gasteiger partial charge in [0.05, 0.1) is 30.3 Å². The zero-order valence-electron chi connectivity index (χ0n) is 19.2. The summed E-state index contributed by atoms with van der Waals surface area (Å²) >= 11 is 0. The minimum atomic E-state index is -1.40. The summed E-state index contributed by atoms with van der Waals surface area (Å²) in [6, 6.07) is 0. The number of hydrogen-bond donors (Lipinski definition) is 1. The summed E-state index contributed by atoms with van der Waals surface area (Å²) in [5.74, 6) is -5.04. The number of aliphatic carboxylic acids is 3. The minimum Gasteiger partial charge on any atom is -0.693 e. The number of hydrogen-bond acceptors (Lipinski definition) is 10. The fourth-order valence-electron chi connectivity index (χ4n) is 2.34. The van der Waals surface area contributed by atoms with Gasteiger partial charge in [0.1, 0.15) is 0 Å². The zero-order valence-corrected chi connectivity index (χ0v) is 23.8. The summed E-state index contributed by atoms with van der Waals surface area (Å²) in [5, 5.41) is 37.6. The number of carboxylic acid groups (broad SMARTS) is 3. The van der Waals surface area contributed by atoms with Crippen LogP contribution in [0.15, 0.2) is 0 Å². The molecule has 0 radical (unpaired) electrons. The van der Waals surface area contributed by atoms with Crippen LogP contribution in [0.1, 0.15) is 0 Å². The zero-order chi connectivity index (χ0) is 22.4. The molecule has 0 aromatic rings. The van der Waals surface area contributed by atoms with Gasteiger partial charge in [-0.3, -0.25) is 19.5 Å². The monoisotopic (exact) mass is 815 g/mol. The molecule has 17 heteroatoms. The Labute approximate surface area is 246 Å². The average molecular weight is 815 g/mol. The van der Waals surface area contributed by atoms with Crippen LogP contribution in [0.2, 0.25) is 0 Å². The Morgan fingerprint density at radius 2 is 0.971 bits per heavy atom. The standard InChI is InChI=1S/C16H29N5O8.CH3.Gd.2H2N.Pt/c1-17-12(22)7-20(10-15(26)27)5-3-19(9-14(24)25)4-6-21(11-16(28)29)8-13(23)18-2;;;;;/h3-11H2,1-2H3,(H5,17,18,22,23,24,25,26,27,28,29);1H3;;2*1H2;/q;-1;;2*-1;/p-4. The molecule has 0 fully saturated rings. The Hall–Kier alpha value is -0.837. The van der Waals surface area contributed by atoms with Crippen molar-refractivity contribution in [1.82, 2.24) is 14.7 Å². The van der Waals surface area contributed by atoms with Crippen LogP contribution in [0.5, 0.6) is 0 Å². The molecule has 2 amide bonds. The van der Waals surface area contributed by atoms with E-state index in [0.717, 1.165) is 0 Å². The van der Waals surface area contributed by atoms with E-state index in [-0.39, 0.29) is 120 Å². The molecule has 0 bridgehead atoms. The van der Waals surface area contributed by atoms with Gasteiger partial charge >= 0.3 is 5.97 Å². The van der Waals surface area contributed by atoms with Gasteiger partial charge < -0.3 is 64.9 Å². The second kappa shape index (κ2) is 26.8. The van der Waals surface area contributed by atoms with E-state index in [1.54, 1.807) is 0 Å². The van der Waals surface area contributed by atoms with E-state index in [1.807, 2.05) is 0 Å². The molecule has 0 aliphatic heterocycles. The van der Waals surface area contributed by atoms with E-state index in [4.69, 9.17) is 5.11 Å². The van der Waals surface area contributed by atoms with Gasteiger partial charge in [-0.25, -0.2) is 0 Å². The fourth-order valence-corrected chi connectivity index (χ4v) is 2.34. The van der Waals surface area contributed by atoms with Crippen molar-refractivity contribution >= 4 is 29.7 Å². The van der Waals surface area contributed by atoms with Crippen molar-refractivity contribution in [2.24, 2.45) is 0 Å². The molecule has 0 heterocycles. The molecule has 5 N–H and O–H groups in total. The van der Waals surface area contributed by atoms with Crippen LogP contribution in [-0.4, -0.2) is 123 Å². The molecule has 15 nitrogen and oxygen atoms in total. The molecule has 0 spiro atoms. The van der Waals surface area contributed by atoms with E-state index in [0.29, 0.717) is 0 Å². The Balaban J connectivity index is -0.000000392. The summed E-state index contributed by atoms with van der Waals surface area (Å²) in [7, 11) is 2.54. The minimum absolute atomic E-state index is 0. The van der Waals surface area contributed by atoms with Crippen molar-refractivity contribution in [1.29, 1.82) is 0 Å². The molecule has 34 heavy (non-hydrogen) atoms. The summed E-state index contributed by atoms with van der Waals surface area (Å²) < 4.78 is 0. The van der Waals surface area contributed by atoms with E-state index >= 15 is 0 Å². The van der Waals surface area contributed by atoms with E-state index < -0.39 is 49.4 Å². The molecular weight excluding hydrogens is 783 g/mol. The van der Waals surface area contributed by atoms with Gasteiger partial charge in [0.15, 0.2) is 0 Å². The molecule has 0 rings (SSSR count). The van der Waals surface area contributed by atoms with Crippen LogP contribution < -0.4 is 10.2 Å². The molecule has 0 aliphatic carbocycles. The topological polar surface area (TPSA) is 257 Å². The van der Waals surface area contributed by atoms with Crippen molar-refractivity contribution < 1.29 is 100 Å². The number of carbonyl (C=O) groups is 5. The van der Waals surface area contributed by atoms with E-state index in [9.17, 15) is 34.2 Å². The summed E-state index contributed by atoms with van der Waals surface area (Å²) in [6.07, 6.45) is 0. The molecular formula is C17H32GdN7O8Pt-7. The molecule has 0 unspecified atom stereocenters. The van der Waals surface area contributed by atoms with Gasteiger partial charge in [0.25, 0.3) is 0 Å². The van der Waals surface area contributed by atoms with Gasteiger partial charge in [-0.2, -0.15) is 0 Å². The number of carboxylic acids is 3. The Bertz CT molecular complexity index is 562. The summed E-state index contributed by atoms with van der Waals surface area (Å²) in [5.41, 5.74) is 0. The first kappa shape index (κ1) is 46.5. The first-order valence-corrected chi connectivity index (χ1v) is 8.61. The molecule has 0 aromatic heterocycles. The quantitative estimate of drug-likeness (QED) is 0.158. The predicted octanol–water partition coefficient (Wildman–Crippen LogP) is -2.58. The van der Waals surface area contributed by atoms with Crippen molar-refractivity contribution in [3.63, 3.8) is 0 Å². The number of nitrogens with two attached hydrogens (primary N) is 2. The number of rotatable bonds is 16. The number of amides is 2. The molecule has 0 saturated carbocycles. The molecule has 0 atom stereocenters. The van der Waals surface area contributed by atoms with E-state index in [2.05, 4.69) is 10.6 Å². The maximum atomic E-state index is 11.4. The van der Waals surface area contributed by atoms with Gasteiger partial charge in [-0.1, -0.05) is 0 Å². The van der Waals surface area contributed by atoms with Crippen LogP contribution in [0.4, 0.5) is 0 Å². The third kappa shape index (κ3) is 25.8. The number of carbonyl (C=O) groups excluding carboxylic acids is 4. The second-order valence-corrected chi connectivity index (χ2v) is 6.07. The third-order valence-corrected chi connectivity index (χ3v) is 3.75. The Kier molecular flexibility index (Phi) is 36.6. The average Bonchev–Trinajstić information content (AvgIpc) is 2.61. The van der Waals surface area contributed by atoms with Crippen LogP contribution in [-0.2, 0) is 45.0 Å². The fraction of sp³-hybridized carbons (Fsp3) is 0.647. The predicted molar refractivity (Wildman–Crippen MR) is 113 cm³/mol. The van der Waals surface area contributed by atoms with Gasteiger partial charge in [-0.15, -0.1) is 14.1 Å². The maximum Gasteiger partial charge on any atom is 0.317 e.